The van der Waals surface area contributed by atoms with Crippen LogP contribution in [0.4, 0.5) is 11.5 Å². The summed E-state index contributed by atoms with van der Waals surface area (Å²) in [6.07, 6.45) is 2.07. The molecule has 3 N–H and O–H groups in total. The van der Waals surface area contributed by atoms with E-state index in [2.05, 4.69) is 28.2 Å². The minimum atomic E-state index is -0.463. The van der Waals surface area contributed by atoms with Crippen LogP contribution in [-0.4, -0.2) is 36.6 Å². The van der Waals surface area contributed by atoms with Crippen LogP contribution in [0.2, 0.25) is 0 Å². The molecule has 0 radical (unpaired) electrons. The van der Waals surface area contributed by atoms with Crippen molar-refractivity contribution in [1.29, 1.82) is 0 Å². The number of nitrogens with zero attached hydrogens (tertiary/aromatic N) is 1. The van der Waals surface area contributed by atoms with Crippen LogP contribution in [0.3, 0.4) is 0 Å². The molecule has 0 saturated carbocycles. The molecule has 0 saturated heterocycles. The monoisotopic (exact) mass is 269 g/mol. The average Bonchev–Trinajstić information content (AvgIpc) is 2.37. The molecule has 6 heteroatoms. The summed E-state index contributed by atoms with van der Waals surface area (Å²) in [7, 11) is 1.33. The predicted molar refractivity (Wildman–Crippen MR) is 76.0 cm³/mol. The Morgan fingerprint density at radius 1 is 1.61 bits per heavy atom. The Bertz CT molecular complexity index is 412. The lowest BCUT2D eigenvalue weighted by Crippen LogP contribution is -2.16. The van der Waals surface area contributed by atoms with Crippen molar-refractivity contribution in [2.24, 2.45) is 5.92 Å². The van der Waals surface area contributed by atoms with Gasteiger partial charge in [-0.2, -0.15) is 11.8 Å². The number of ether oxygens (including phenoxy) is 1. The van der Waals surface area contributed by atoms with Gasteiger partial charge in [-0.15, -0.1) is 0 Å². The maximum atomic E-state index is 11.4. The van der Waals surface area contributed by atoms with E-state index in [9.17, 15) is 4.79 Å². The zero-order chi connectivity index (χ0) is 13.5. The minimum absolute atomic E-state index is 0.256. The highest BCUT2D eigenvalue weighted by Gasteiger charge is 2.11. The Morgan fingerprint density at radius 3 is 2.94 bits per heavy atom. The molecule has 100 valence electrons. The average molecular weight is 269 g/mol. The van der Waals surface area contributed by atoms with Crippen molar-refractivity contribution < 1.29 is 9.53 Å². The molecule has 0 fully saturated rings. The smallest absolute Gasteiger partial charge is 0.356 e. The summed E-state index contributed by atoms with van der Waals surface area (Å²) in [5.41, 5.74) is 6.59. The molecule has 0 amide bonds. The van der Waals surface area contributed by atoms with Gasteiger partial charge in [0.15, 0.2) is 5.69 Å². The maximum absolute atomic E-state index is 11.4. The fourth-order valence-corrected chi connectivity index (χ4v) is 2.13. The van der Waals surface area contributed by atoms with Gasteiger partial charge in [-0.05, 0) is 30.1 Å². The quantitative estimate of drug-likeness (QED) is 0.768. The first-order valence-corrected chi connectivity index (χ1v) is 7.05. The van der Waals surface area contributed by atoms with E-state index in [1.807, 2.05) is 0 Å². The molecule has 1 heterocycles. The van der Waals surface area contributed by atoms with Crippen LogP contribution in [0.25, 0.3) is 0 Å². The van der Waals surface area contributed by atoms with E-state index >= 15 is 0 Å². The number of rotatable bonds is 6. The van der Waals surface area contributed by atoms with Crippen molar-refractivity contribution in [1.82, 2.24) is 4.98 Å². The van der Waals surface area contributed by atoms with Gasteiger partial charge in [-0.3, -0.25) is 0 Å². The number of hydrogen-bond acceptors (Lipinski definition) is 6. The summed E-state index contributed by atoms with van der Waals surface area (Å²) in [5, 5.41) is 3.16. The number of carbonyl (C=O) groups excluding carboxylic acids is 1. The Hall–Kier alpha value is -1.43. The van der Waals surface area contributed by atoms with Crippen molar-refractivity contribution in [2.45, 2.75) is 6.92 Å². The van der Waals surface area contributed by atoms with E-state index in [4.69, 9.17) is 5.73 Å². The van der Waals surface area contributed by atoms with E-state index in [-0.39, 0.29) is 5.69 Å². The Labute approximate surface area is 111 Å². The van der Waals surface area contributed by atoms with Crippen molar-refractivity contribution in [2.75, 3.05) is 36.7 Å². The maximum Gasteiger partial charge on any atom is 0.356 e. The van der Waals surface area contributed by atoms with Crippen LogP contribution in [0, 0.1) is 5.92 Å². The summed E-state index contributed by atoms with van der Waals surface area (Å²) in [5.74, 6) is 1.63. The molecular formula is C12H19N3O2S. The summed E-state index contributed by atoms with van der Waals surface area (Å²) < 4.78 is 4.62. The number of carbonyl (C=O) groups is 1. The zero-order valence-corrected chi connectivity index (χ0v) is 11.7. The number of hydrogen-bond donors (Lipinski definition) is 2. The van der Waals surface area contributed by atoms with E-state index in [1.54, 1.807) is 23.9 Å². The Kier molecular flexibility index (Phi) is 5.77. The van der Waals surface area contributed by atoms with Crippen LogP contribution < -0.4 is 11.1 Å². The van der Waals surface area contributed by atoms with Crippen LogP contribution in [0.5, 0.6) is 0 Å². The summed E-state index contributed by atoms with van der Waals surface area (Å²) >= 11 is 1.79. The molecule has 1 unspecified atom stereocenters. The number of aromatic nitrogens is 1. The fourth-order valence-electron chi connectivity index (χ4n) is 1.44. The molecule has 0 bridgehead atoms. The minimum Gasteiger partial charge on any atom is -0.464 e. The second-order valence-electron chi connectivity index (χ2n) is 4.07. The molecule has 0 aliphatic carbocycles. The van der Waals surface area contributed by atoms with Gasteiger partial charge in [-0.1, -0.05) is 6.92 Å². The van der Waals surface area contributed by atoms with E-state index in [1.165, 1.54) is 7.11 Å². The highest BCUT2D eigenvalue weighted by atomic mass is 32.2. The standard InChI is InChI=1S/C12H19N3O2S/c1-8(7-18-3)6-14-11-9(13)4-5-10(15-11)12(16)17-2/h4-5,8H,6-7,13H2,1-3H3,(H,14,15). The largest absolute Gasteiger partial charge is 0.464 e. The van der Waals surface area contributed by atoms with Gasteiger partial charge in [0.2, 0.25) is 0 Å². The number of thioether (sulfide) groups is 1. The first-order valence-electron chi connectivity index (χ1n) is 5.66. The molecule has 1 aromatic heterocycles. The highest BCUT2D eigenvalue weighted by molar-refractivity contribution is 7.98. The number of pyridine rings is 1. The van der Waals surface area contributed by atoms with Gasteiger partial charge in [0.05, 0.1) is 12.8 Å². The lowest BCUT2D eigenvalue weighted by atomic mass is 10.2. The van der Waals surface area contributed by atoms with E-state index in [0.29, 0.717) is 17.4 Å². The third-order valence-corrected chi connectivity index (χ3v) is 3.29. The molecule has 0 aromatic carbocycles. The fraction of sp³-hybridized carbons (Fsp3) is 0.500. The van der Waals surface area contributed by atoms with Crippen molar-refractivity contribution >= 4 is 29.2 Å². The lowest BCUT2D eigenvalue weighted by molar-refractivity contribution is 0.0594. The molecule has 1 aromatic rings. The van der Waals surface area contributed by atoms with Gasteiger partial charge >= 0.3 is 5.97 Å². The molecule has 0 spiro atoms. The molecule has 0 aliphatic heterocycles. The van der Waals surface area contributed by atoms with E-state index < -0.39 is 5.97 Å². The van der Waals surface area contributed by atoms with Crippen LogP contribution >= 0.6 is 11.8 Å². The lowest BCUT2D eigenvalue weighted by Gasteiger charge is -2.13. The van der Waals surface area contributed by atoms with Crippen LogP contribution in [0.1, 0.15) is 17.4 Å². The topological polar surface area (TPSA) is 77.2 Å². The summed E-state index contributed by atoms with van der Waals surface area (Å²) in [4.78, 5) is 15.5. The van der Waals surface area contributed by atoms with Gasteiger partial charge in [0, 0.05) is 6.54 Å². The second kappa shape index (κ2) is 7.10. The number of anilines is 2. The molecular weight excluding hydrogens is 250 g/mol. The third kappa shape index (κ3) is 4.10. The zero-order valence-electron chi connectivity index (χ0n) is 10.9. The highest BCUT2D eigenvalue weighted by Crippen LogP contribution is 2.17. The number of nitrogens with two attached hydrogens (primary N) is 1. The van der Waals surface area contributed by atoms with Gasteiger partial charge in [-0.25, -0.2) is 9.78 Å². The van der Waals surface area contributed by atoms with Gasteiger partial charge < -0.3 is 15.8 Å². The Morgan fingerprint density at radius 2 is 2.33 bits per heavy atom. The second-order valence-corrected chi connectivity index (χ2v) is 4.98. The molecule has 5 nitrogen and oxygen atoms in total. The molecule has 1 atom stereocenters. The third-order valence-electron chi connectivity index (χ3n) is 2.39. The normalized spacial score (nSPS) is 11.9. The SMILES string of the molecule is COC(=O)c1ccc(N)c(NCC(C)CSC)n1. The van der Waals surface area contributed by atoms with Crippen LogP contribution in [0.15, 0.2) is 12.1 Å². The first kappa shape index (κ1) is 14.6. The van der Waals surface area contributed by atoms with Gasteiger partial charge in [0.25, 0.3) is 0 Å². The summed E-state index contributed by atoms with van der Waals surface area (Å²) in [6.45, 7) is 2.91. The number of methoxy groups -OCH3 is 1. The van der Waals surface area contributed by atoms with Gasteiger partial charge in [0.1, 0.15) is 5.82 Å². The molecule has 18 heavy (non-hydrogen) atoms. The van der Waals surface area contributed by atoms with E-state index in [0.717, 1.165) is 12.3 Å². The molecule has 1 rings (SSSR count). The number of nitrogens with one attached hydrogen (secondary N) is 1. The number of esters is 1. The Balaban J connectivity index is 2.72. The number of nitrogen functional groups attached to an aromatic ring is 1. The van der Waals surface area contributed by atoms with Crippen molar-refractivity contribution in [3.63, 3.8) is 0 Å². The predicted octanol–water partition coefficient (Wildman–Crippen LogP) is 1.86. The van der Waals surface area contributed by atoms with Crippen molar-refractivity contribution in [3.05, 3.63) is 17.8 Å². The van der Waals surface area contributed by atoms with Crippen molar-refractivity contribution in [3.8, 4) is 0 Å². The first-order chi connectivity index (χ1) is 8.58. The summed E-state index contributed by atoms with van der Waals surface area (Å²) in [6, 6.07) is 3.21. The molecule has 0 aliphatic rings. The van der Waals surface area contributed by atoms with Crippen LogP contribution in [-0.2, 0) is 4.74 Å².